The van der Waals surface area contributed by atoms with Crippen molar-refractivity contribution in [3.63, 3.8) is 0 Å². The van der Waals surface area contributed by atoms with E-state index in [1.165, 1.54) is 7.11 Å². The summed E-state index contributed by atoms with van der Waals surface area (Å²) in [6.45, 7) is 3.66. The Morgan fingerprint density at radius 1 is 1.13 bits per heavy atom. The van der Waals surface area contributed by atoms with Gasteiger partial charge in [-0.05, 0) is 63.0 Å². The molecule has 8 nitrogen and oxygen atoms in total. The summed E-state index contributed by atoms with van der Waals surface area (Å²) in [5.74, 6) is 0.736. The van der Waals surface area contributed by atoms with Gasteiger partial charge in [-0.2, -0.15) is 0 Å². The summed E-state index contributed by atoms with van der Waals surface area (Å²) in [5, 5.41) is 10.7. The zero-order valence-corrected chi connectivity index (χ0v) is 17.9. The number of nitrogens with zero attached hydrogens (tertiary/aromatic N) is 1. The number of ether oxygens (including phenoxy) is 3. The van der Waals surface area contributed by atoms with Crippen molar-refractivity contribution in [2.45, 2.75) is 13.0 Å². The fourth-order valence-electron chi connectivity index (χ4n) is 2.74. The highest BCUT2D eigenvalue weighted by atomic mass is 16.5. The summed E-state index contributed by atoms with van der Waals surface area (Å²) in [4.78, 5) is 14.5. The van der Waals surface area contributed by atoms with Crippen LogP contribution in [-0.2, 0) is 9.53 Å². The van der Waals surface area contributed by atoms with Crippen LogP contribution in [-0.4, -0.2) is 57.7 Å². The van der Waals surface area contributed by atoms with E-state index in [2.05, 4.69) is 5.32 Å². The van der Waals surface area contributed by atoms with Gasteiger partial charge >= 0.3 is 5.97 Å². The standard InChI is InChI=1S/C22H30N4O4/c1-5-29-19-14-16(8-11-18(19)30-13-12-26(2)3)20(22(27)28-4)25-17-9-6-15(7-10-17)21(23)24/h6-11,14,20,25H,5,12-13H2,1-4H3,(H3,23,24)/t20-/m1/s1. The Balaban J connectivity index is 2.28. The lowest BCUT2D eigenvalue weighted by Crippen LogP contribution is -2.23. The third kappa shape index (κ3) is 6.38. The lowest BCUT2D eigenvalue weighted by Gasteiger charge is -2.20. The molecule has 0 saturated carbocycles. The summed E-state index contributed by atoms with van der Waals surface area (Å²) in [7, 11) is 5.30. The number of carbonyl (C=O) groups is 1. The van der Waals surface area contributed by atoms with Crippen molar-refractivity contribution in [3.05, 3.63) is 53.6 Å². The number of carbonyl (C=O) groups excluding carboxylic acids is 1. The number of esters is 1. The number of likely N-dealkylation sites (N-methyl/N-ethyl adjacent to an activating group) is 1. The van der Waals surface area contributed by atoms with E-state index in [0.717, 1.165) is 6.54 Å². The van der Waals surface area contributed by atoms with Crippen LogP contribution < -0.4 is 20.5 Å². The number of nitrogens with one attached hydrogen (secondary N) is 2. The Morgan fingerprint density at radius 3 is 2.40 bits per heavy atom. The molecule has 2 aromatic rings. The van der Waals surface area contributed by atoms with Crippen LogP contribution in [0.15, 0.2) is 42.5 Å². The summed E-state index contributed by atoms with van der Waals surface area (Å²) >= 11 is 0. The second kappa shape index (κ2) is 11.1. The number of amidine groups is 1. The molecule has 0 aliphatic rings. The monoisotopic (exact) mass is 414 g/mol. The average Bonchev–Trinajstić information content (AvgIpc) is 2.72. The van der Waals surface area contributed by atoms with Gasteiger partial charge in [-0.3, -0.25) is 5.41 Å². The Morgan fingerprint density at radius 2 is 1.83 bits per heavy atom. The second-order valence-electron chi connectivity index (χ2n) is 6.88. The van der Waals surface area contributed by atoms with E-state index in [-0.39, 0.29) is 5.84 Å². The first-order chi connectivity index (χ1) is 14.3. The fourth-order valence-corrected chi connectivity index (χ4v) is 2.74. The molecule has 0 aromatic heterocycles. The topological polar surface area (TPSA) is 110 Å². The van der Waals surface area contributed by atoms with Gasteiger partial charge in [0.05, 0.1) is 13.7 Å². The van der Waals surface area contributed by atoms with E-state index in [1.54, 1.807) is 36.4 Å². The number of rotatable bonds is 11. The van der Waals surface area contributed by atoms with Crippen LogP contribution in [0.3, 0.4) is 0 Å². The van der Waals surface area contributed by atoms with Gasteiger partial charge in [-0.25, -0.2) is 4.79 Å². The zero-order valence-electron chi connectivity index (χ0n) is 17.9. The van der Waals surface area contributed by atoms with E-state index in [0.29, 0.717) is 41.5 Å². The predicted molar refractivity (Wildman–Crippen MR) is 117 cm³/mol. The minimum atomic E-state index is -0.742. The molecule has 4 N–H and O–H groups in total. The van der Waals surface area contributed by atoms with Crippen LogP contribution in [0.25, 0.3) is 0 Å². The average molecular weight is 415 g/mol. The third-order valence-electron chi connectivity index (χ3n) is 4.34. The summed E-state index contributed by atoms with van der Waals surface area (Å²) < 4.78 is 16.6. The minimum Gasteiger partial charge on any atom is -0.490 e. The number of methoxy groups -OCH3 is 1. The number of hydrogen-bond donors (Lipinski definition) is 3. The van der Waals surface area contributed by atoms with Crippen LogP contribution in [0, 0.1) is 5.41 Å². The maximum atomic E-state index is 12.5. The molecule has 0 amide bonds. The highest BCUT2D eigenvalue weighted by Gasteiger charge is 2.23. The highest BCUT2D eigenvalue weighted by molar-refractivity contribution is 5.95. The van der Waals surface area contributed by atoms with Crippen molar-refractivity contribution in [1.82, 2.24) is 4.90 Å². The molecule has 0 unspecified atom stereocenters. The highest BCUT2D eigenvalue weighted by Crippen LogP contribution is 2.32. The first-order valence-electron chi connectivity index (χ1n) is 9.68. The van der Waals surface area contributed by atoms with E-state index >= 15 is 0 Å². The van der Waals surface area contributed by atoms with Gasteiger partial charge in [-0.1, -0.05) is 6.07 Å². The summed E-state index contributed by atoms with van der Waals surface area (Å²) in [5.41, 5.74) is 7.48. The molecular weight excluding hydrogens is 384 g/mol. The molecule has 0 saturated heterocycles. The van der Waals surface area contributed by atoms with Crippen molar-refractivity contribution in [1.29, 1.82) is 5.41 Å². The van der Waals surface area contributed by atoms with Gasteiger partial charge in [0.25, 0.3) is 0 Å². The van der Waals surface area contributed by atoms with E-state index in [4.69, 9.17) is 25.4 Å². The summed E-state index contributed by atoms with van der Waals surface area (Å²) in [6, 6.07) is 11.6. The van der Waals surface area contributed by atoms with Crippen LogP contribution in [0.1, 0.15) is 24.1 Å². The largest absolute Gasteiger partial charge is 0.490 e. The van der Waals surface area contributed by atoms with E-state index in [9.17, 15) is 4.79 Å². The fraction of sp³-hybridized carbons (Fsp3) is 0.364. The molecule has 0 heterocycles. The van der Waals surface area contributed by atoms with Crippen molar-refractivity contribution < 1.29 is 19.0 Å². The molecule has 30 heavy (non-hydrogen) atoms. The molecular formula is C22H30N4O4. The molecule has 0 radical (unpaired) electrons. The molecule has 0 aliphatic heterocycles. The van der Waals surface area contributed by atoms with Crippen molar-refractivity contribution in [2.75, 3.05) is 46.3 Å². The van der Waals surface area contributed by atoms with Gasteiger partial charge in [0.1, 0.15) is 12.4 Å². The smallest absolute Gasteiger partial charge is 0.332 e. The van der Waals surface area contributed by atoms with Crippen molar-refractivity contribution >= 4 is 17.5 Å². The third-order valence-corrected chi connectivity index (χ3v) is 4.34. The van der Waals surface area contributed by atoms with E-state index in [1.807, 2.05) is 32.0 Å². The van der Waals surface area contributed by atoms with Gasteiger partial charge in [-0.15, -0.1) is 0 Å². The van der Waals surface area contributed by atoms with Gasteiger partial charge < -0.3 is 30.2 Å². The normalized spacial score (nSPS) is 11.6. The van der Waals surface area contributed by atoms with Crippen molar-refractivity contribution in [2.24, 2.45) is 5.73 Å². The first-order valence-corrected chi connectivity index (χ1v) is 9.68. The SMILES string of the molecule is CCOc1cc([C@@H](Nc2ccc(C(=N)N)cc2)C(=O)OC)ccc1OCCN(C)C. The maximum Gasteiger partial charge on any atom is 0.332 e. The Kier molecular flexibility index (Phi) is 8.49. The van der Waals surface area contributed by atoms with E-state index < -0.39 is 12.0 Å². The Bertz CT molecular complexity index is 853. The minimum absolute atomic E-state index is 0.0164. The molecule has 8 heteroatoms. The molecule has 2 aromatic carbocycles. The van der Waals surface area contributed by atoms with Gasteiger partial charge in [0.15, 0.2) is 17.5 Å². The number of nitrogen functional groups attached to an aromatic ring is 1. The number of anilines is 1. The molecule has 0 aliphatic carbocycles. The molecule has 0 bridgehead atoms. The second-order valence-corrected chi connectivity index (χ2v) is 6.88. The lowest BCUT2D eigenvalue weighted by molar-refractivity contribution is -0.141. The zero-order chi connectivity index (χ0) is 22.1. The molecule has 2 rings (SSSR count). The Hall–Kier alpha value is -3.26. The quantitative estimate of drug-likeness (QED) is 0.294. The number of benzene rings is 2. The lowest BCUT2D eigenvalue weighted by atomic mass is 10.1. The van der Waals surface area contributed by atoms with Crippen molar-refractivity contribution in [3.8, 4) is 11.5 Å². The van der Waals surface area contributed by atoms with Crippen LogP contribution in [0.2, 0.25) is 0 Å². The summed E-state index contributed by atoms with van der Waals surface area (Å²) in [6.07, 6.45) is 0. The molecule has 0 fully saturated rings. The van der Waals surface area contributed by atoms with Crippen LogP contribution >= 0.6 is 0 Å². The first kappa shape index (κ1) is 23.0. The predicted octanol–water partition coefficient (Wildman–Crippen LogP) is 2.64. The number of hydrogen-bond acceptors (Lipinski definition) is 7. The molecule has 0 spiro atoms. The van der Waals surface area contributed by atoms with Gasteiger partial charge in [0, 0.05) is 17.8 Å². The molecule has 162 valence electrons. The van der Waals surface area contributed by atoms with Crippen LogP contribution in [0.5, 0.6) is 11.5 Å². The Labute approximate surface area is 177 Å². The number of nitrogens with two attached hydrogens (primary N) is 1. The molecule has 1 atom stereocenters. The van der Waals surface area contributed by atoms with Crippen LogP contribution in [0.4, 0.5) is 5.69 Å². The maximum absolute atomic E-state index is 12.5. The van der Waals surface area contributed by atoms with Gasteiger partial charge in [0.2, 0.25) is 0 Å².